The van der Waals surface area contributed by atoms with Gasteiger partial charge >= 0.3 is 0 Å². The van der Waals surface area contributed by atoms with Gasteiger partial charge in [-0.3, -0.25) is 0 Å². The maximum atomic E-state index is 5.31. The van der Waals surface area contributed by atoms with Gasteiger partial charge in [-0.25, -0.2) is 0 Å². The molecule has 94 valence electrons. The molecule has 2 N–H and O–H groups in total. The zero-order valence-corrected chi connectivity index (χ0v) is 10.4. The monoisotopic (exact) mass is 242 g/mol. The van der Waals surface area contributed by atoms with Gasteiger partial charge in [-0.1, -0.05) is 24.3 Å². The Morgan fingerprint density at radius 2 is 2.17 bits per heavy atom. The van der Waals surface area contributed by atoms with E-state index in [1.807, 2.05) is 12.1 Å². The molecule has 3 rings (SSSR count). The van der Waals surface area contributed by atoms with Gasteiger partial charge in [-0.2, -0.15) is 0 Å². The predicted molar refractivity (Wildman–Crippen MR) is 71.3 cm³/mol. The molecule has 1 unspecified atom stereocenters. The third-order valence-corrected chi connectivity index (χ3v) is 3.44. The van der Waals surface area contributed by atoms with Crippen LogP contribution in [0.5, 0.6) is 0 Å². The summed E-state index contributed by atoms with van der Waals surface area (Å²) in [6.45, 7) is 2.77. The molecule has 0 aliphatic carbocycles. The smallest absolute Gasteiger partial charge is 0.117 e. The number of benzene rings is 1. The van der Waals surface area contributed by atoms with Crippen LogP contribution in [0, 0.1) is 0 Å². The maximum absolute atomic E-state index is 5.31. The molecule has 1 aliphatic rings. The minimum Gasteiger partial charge on any atom is -0.468 e. The second-order valence-electron chi connectivity index (χ2n) is 4.67. The average molecular weight is 242 g/mol. The minimum atomic E-state index is 0.407. The van der Waals surface area contributed by atoms with Crippen LogP contribution in [0.4, 0.5) is 0 Å². The van der Waals surface area contributed by atoms with Gasteiger partial charge in [-0.05, 0) is 36.2 Å². The van der Waals surface area contributed by atoms with Gasteiger partial charge in [0.25, 0.3) is 0 Å². The number of furan rings is 1. The first-order valence-electron chi connectivity index (χ1n) is 6.48. The van der Waals surface area contributed by atoms with Crippen molar-refractivity contribution in [2.45, 2.75) is 19.0 Å². The van der Waals surface area contributed by atoms with E-state index in [-0.39, 0.29) is 0 Å². The van der Waals surface area contributed by atoms with Crippen molar-refractivity contribution < 1.29 is 4.42 Å². The molecule has 0 saturated heterocycles. The van der Waals surface area contributed by atoms with Crippen molar-refractivity contribution in [2.75, 3.05) is 13.1 Å². The summed E-state index contributed by atoms with van der Waals surface area (Å²) in [7, 11) is 0. The maximum Gasteiger partial charge on any atom is 0.117 e. The van der Waals surface area contributed by atoms with Crippen LogP contribution < -0.4 is 10.6 Å². The molecule has 18 heavy (non-hydrogen) atoms. The lowest BCUT2D eigenvalue weighted by molar-refractivity contribution is 0.438. The highest BCUT2D eigenvalue weighted by molar-refractivity contribution is 5.32. The van der Waals surface area contributed by atoms with Crippen molar-refractivity contribution in [1.82, 2.24) is 10.6 Å². The third-order valence-electron chi connectivity index (χ3n) is 3.44. The Labute approximate surface area is 107 Å². The summed E-state index contributed by atoms with van der Waals surface area (Å²) < 4.78 is 5.31. The zero-order valence-electron chi connectivity index (χ0n) is 10.4. The number of fused-ring (bicyclic) bond motifs is 1. The molecular weight excluding hydrogens is 224 g/mol. The molecule has 0 fully saturated rings. The molecule has 2 aromatic rings. The molecule has 0 amide bonds. The molecule has 1 aromatic heterocycles. The highest BCUT2D eigenvalue weighted by atomic mass is 16.3. The lowest BCUT2D eigenvalue weighted by atomic mass is 9.94. The lowest BCUT2D eigenvalue weighted by Crippen LogP contribution is -2.36. The first-order chi connectivity index (χ1) is 8.93. The summed E-state index contributed by atoms with van der Waals surface area (Å²) >= 11 is 0. The molecule has 0 radical (unpaired) electrons. The largest absolute Gasteiger partial charge is 0.468 e. The highest BCUT2D eigenvalue weighted by Gasteiger charge is 2.18. The molecule has 3 heteroatoms. The summed E-state index contributed by atoms with van der Waals surface area (Å²) in [5, 5.41) is 7.00. The zero-order chi connectivity index (χ0) is 12.2. The van der Waals surface area contributed by atoms with E-state index in [0.717, 1.165) is 31.8 Å². The van der Waals surface area contributed by atoms with E-state index in [4.69, 9.17) is 4.42 Å². The standard InChI is InChI=1S/C15H18N2O/c1-2-6-14-12(4-1)7-8-17-15(14)11-16-10-13-5-3-9-18-13/h1-6,9,15-17H,7-8,10-11H2. The van der Waals surface area contributed by atoms with E-state index in [9.17, 15) is 0 Å². The molecule has 1 atom stereocenters. The Morgan fingerprint density at radius 3 is 3.06 bits per heavy atom. The Morgan fingerprint density at radius 1 is 1.22 bits per heavy atom. The van der Waals surface area contributed by atoms with Gasteiger partial charge in [-0.15, -0.1) is 0 Å². The third kappa shape index (κ3) is 2.47. The molecule has 1 aliphatic heterocycles. The second-order valence-corrected chi connectivity index (χ2v) is 4.67. The highest BCUT2D eigenvalue weighted by Crippen LogP contribution is 2.21. The van der Waals surface area contributed by atoms with Crippen molar-refractivity contribution in [3.8, 4) is 0 Å². The van der Waals surface area contributed by atoms with Crippen molar-refractivity contribution in [1.29, 1.82) is 0 Å². The van der Waals surface area contributed by atoms with E-state index >= 15 is 0 Å². The van der Waals surface area contributed by atoms with Crippen LogP contribution >= 0.6 is 0 Å². The van der Waals surface area contributed by atoms with Crippen LogP contribution in [0.25, 0.3) is 0 Å². The minimum absolute atomic E-state index is 0.407. The molecule has 0 bridgehead atoms. The number of hydrogen-bond donors (Lipinski definition) is 2. The van der Waals surface area contributed by atoms with Crippen LogP contribution in [0.15, 0.2) is 47.1 Å². The SMILES string of the molecule is c1coc(CNCC2NCCc3ccccc32)c1. The van der Waals surface area contributed by atoms with E-state index in [1.165, 1.54) is 11.1 Å². The summed E-state index contributed by atoms with van der Waals surface area (Å²) in [5.41, 5.74) is 2.90. The second kappa shape index (κ2) is 5.38. The van der Waals surface area contributed by atoms with Gasteiger partial charge < -0.3 is 15.1 Å². The fourth-order valence-corrected chi connectivity index (χ4v) is 2.53. The Hall–Kier alpha value is -1.58. The molecule has 0 saturated carbocycles. The molecular formula is C15H18N2O. The fraction of sp³-hybridized carbons (Fsp3) is 0.333. The fourth-order valence-electron chi connectivity index (χ4n) is 2.53. The van der Waals surface area contributed by atoms with Crippen LogP contribution in [0.2, 0.25) is 0 Å². The van der Waals surface area contributed by atoms with Crippen LogP contribution in [0.3, 0.4) is 0 Å². The van der Waals surface area contributed by atoms with Gasteiger partial charge in [0.15, 0.2) is 0 Å². The van der Waals surface area contributed by atoms with Gasteiger partial charge in [0, 0.05) is 12.6 Å². The van der Waals surface area contributed by atoms with E-state index in [1.54, 1.807) is 6.26 Å². The lowest BCUT2D eigenvalue weighted by Gasteiger charge is -2.27. The molecule has 2 heterocycles. The molecule has 0 spiro atoms. The Kier molecular flexibility index (Phi) is 3.44. The van der Waals surface area contributed by atoms with Crippen molar-refractivity contribution in [3.63, 3.8) is 0 Å². The van der Waals surface area contributed by atoms with E-state index < -0.39 is 0 Å². The number of hydrogen-bond acceptors (Lipinski definition) is 3. The number of rotatable bonds is 4. The van der Waals surface area contributed by atoms with E-state index in [2.05, 4.69) is 34.9 Å². The van der Waals surface area contributed by atoms with E-state index in [0.29, 0.717) is 6.04 Å². The van der Waals surface area contributed by atoms with Crippen molar-refractivity contribution >= 4 is 0 Å². The van der Waals surface area contributed by atoms with Crippen molar-refractivity contribution in [3.05, 3.63) is 59.5 Å². The van der Waals surface area contributed by atoms with Crippen LogP contribution in [0.1, 0.15) is 22.9 Å². The summed E-state index contributed by atoms with van der Waals surface area (Å²) in [4.78, 5) is 0. The predicted octanol–water partition coefficient (Wildman–Crippen LogP) is 2.26. The quantitative estimate of drug-likeness (QED) is 0.863. The summed E-state index contributed by atoms with van der Waals surface area (Å²) in [6.07, 6.45) is 2.84. The normalized spacial score (nSPS) is 18.6. The average Bonchev–Trinajstić information content (AvgIpc) is 2.92. The Bertz CT molecular complexity index is 493. The van der Waals surface area contributed by atoms with Crippen LogP contribution in [-0.2, 0) is 13.0 Å². The first-order valence-corrected chi connectivity index (χ1v) is 6.48. The Balaban J connectivity index is 1.60. The first kappa shape index (κ1) is 11.5. The van der Waals surface area contributed by atoms with Crippen molar-refractivity contribution in [2.24, 2.45) is 0 Å². The molecule has 3 nitrogen and oxygen atoms in total. The molecule has 1 aromatic carbocycles. The van der Waals surface area contributed by atoms with Crippen LogP contribution in [-0.4, -0.2) is 13.1 Å². The summed E-state index contributed by atoms with van der Waals surface area (Å²) in [6, 6.07) is 13.0. The van der Waals surface area contributed by atoms with Gasteiger partial charge in [0.05, 0.1) is 12.8 Å². The topological polar surface area (TPSA) is 37.2 Å². The van der Waals surface area contributed by atoms with Gasteiger partial charge in [0.1, 0.15) is 5.76 Å². The number of nitrogens with one attached hydrogen (secondary N) is 2. The van der Waals surface area contributed by atoms with Gasteiger partial charge in [0.2, 0.25) is 0 Å². The summed E-state index contributed by atoms with van der Waals surface area (Å²) in [5.74, 6) is 0.985.